The number of primary amides is 1. The molecule has 1 aromatic heterocycles. The van der Waals surface area contributed by atoms with E-state index in [0.717, 1.165) is 37.8 Å². The number of rotatable bonds is 8. The van der Waals surface area contributed by atoms with Crippen molar-refractivity contribution in [2.24, 2.45) is 11.7 Å². The van der Waals surface area contributed by atoms with Crippen molar-refractivity contribution in [2.75, 3.05) is 6.54 Å². The first-order valence-electron chi connectivity index (χ1n) is 13.8. The molecule has 1 unspecified atom stereocenters. The fourth-order valence-electron chi connectivity index (χ4n) is 5.98. The van der Waals surface area contributed by atoms with Gasteiger partial charge in [-0.2, -0.15) is 0 Å². The highest BCUT2D eigenvalue weighted by atomic mass is 19.1. The summed E-state index contributed by atoms with van der Waals surface area (Å²) in [6, 6.07) is 8.80. The predicted octanol–water partition coefficient (Wildman–Crippen LogP) is 4.85. The molecule has 1 saturated carbocycles. The molecule has 0 bridgehead atoms. The smallest absolute Gasteiger partial charge is 0.251 e. The maximum absolute atomic E-state index is 14.2. The predicted molar refractivity (Wildman–Crippen MR) is 146 cm³/mol. The van der Waals surface area contributed by atoms with E-state index in [1.807, 2.05) is 0 Å². The molecule has 1 aliphatic heterocycles. The largest absolute Gasteiger partial charge is 0.366 e. The van der Waals surface area contributed by atoms with Gasteiger partial charge in [0.25, 0.3) is 5.91 Å². The van der Waals surface area contributed by atoms with Gasteiger partial charge >= 0.3 is 0 Å². The van der Waals surface area contributed by atoms with Crippen LogP contribution < -0.4 is 11.1 Å². The molecule has 2 fully saturated rings. The minimum Gasteiger partial charge on any atom is -0.366 e. The molecule has 2 atom stereocenters. The van der Waals surface area contributed by atoms with Crippen LogP contribution in [0.25, 0.3) is 11.1 Å². The Morgan fingerprint density at radius 1 is 0.976 bits per heavy atom. The van der Waals surface area contributed by atoms with Gasteiger partial charge in [0.2, 0.25) is 11.8 Å². The van der Waals surface area contributed by atoms with Crippen LogP contribution in [0.3, 0.4) is 0 Å². The third-order valence-electron chi connectivity index (χ3n) is 7.93. The van der Waals surface area contributed by atoms with Crippen molar-refractivity contribution >= 4 is 17.7 Å². The number of benzene rings is 2. The average molecular weight is 565 g/mol. The van der Waals surface area contributed by atoms with Crippen molar-refractivity contribution in [3.63, 3.8) is 0 Å². The summed E-state index contributed by atoms with van der Waals surface area (Å²) in [5.41, 5.74) is 6.57. The number of carbonyl (C=O) groups excluding carboxylic acids is 3. The van der Waals surface area contributed by atoms with Crippen molar-refractivity contribution in [3.8, 4) is 11.1 Å². The number of hydrogen-bond acceptors (Lipinski definition) is 4. The summed E-state index contributed by atoms with van der Waals surface area (Å²) in [4.78, 5) is 44.9. The van der Waals surface area contributed by atoms with Crippen LogP contribution in [0.15, 0.2) is 54.7 Å². The molecular formula is C31H31F3N4O3. The number of nitrogens with one attached hydrogen (secondary N) is 1. The number of aromatic nitrogens is 1. The lowest BCUT2D eigenvalue weighted by Gasteiger charge is -2.29. The summed E-state index contributed by atoms with van der Waals surface area (Å²) in [5, 5.41) is 2.99. The van der Waals surface area contributed by atoms with Crippen LogP contribution in [0.5, 0.6) is 0 Å². The normalized spacial score (nSPS) is 17.9. The van der Waals surface area contributed by atoms with Crippen LogP contribution in [0.2, 0.25) is 0 Å². The lowest BCUT2D eigenvalue weighted by molar-refractivity contribution is -0.141. The van der Waals surface area contributed by atoms with Gasteiger partial charge in [0.1, 0.15) is 23.5 Å². The third kappa shape index (κ3) is 6.26. The SMILES string of the molecule is NC(=O)c1cc(-c2cccnc2[C@H](Cc2cc(F)cc(F)c2)NC(=O)C2CCCN2C(=O)C2CCCC2)ccc1F. The molecule has 1 saturated heterocycles. The van der Waals surface area contributed by atoms with Crippen LogP contribution in [0.4, 0.5) is 13.2 Å². The van der Waals surface area contributed by atoms with E-state index in [4.69, 9.17) is 5.73 Å². The molecule has 3 N–H and O–H groups in total. The highest BCUT2D eigenvalue weighted by molar-refractivity contribution is 5.94. The first-order chi connectivity index (χ1) is 19.7. The fourth-order valence-corrected chi connectivity index (χ4v) is 5.98. The molecule has 5 rings (SSSR count). The van der Waals surface area contributed by atoms with Gasteiger partial charge in [-0.15, -0.1) is 0 Å². The number of carbonyl (C=O) groups is 3. The summed E-state index contributed by atoms with van der Waals surface area (Å²) in [6.45, 7) is 0.494. The first kappa shape index (κ1) is 28.3. The summed E-state index contributed by atoms with van der Waals surface area (Å²) < 4.78 is 42.5. The number of pyridine rings is 1. The highest BCUT2D eigenvalue weighted by Crippen LogP contribution is 2.32. The molecule has 10 heteroatoms. The quantitative estimate of drug-likeness (QED) is 0.408. The fraction of sp³-hybridized carbons (Fsp3) is 0.355. The number of likely N-dealkylation sites (tertiary alicyclic amines) is 1. The average Bonchev–Trinajstić information content (AvgIpc) is 3.65. The number of amides is 3. The van der Waals surface area contributed by atoms with Crippen molar-refractivity contribution < 1.29 is 27.6 Å². The molecule has 0 radical (unpaired) electrons. The van der Waals surface area contributed by atoms with E-state index in [-0.39, 0.29) is 35.3 Å². The molecule has 2 aromatic carbocycles. The van der Waals surface area contributed by atoms with E-state index in [1.165, 1.54) is 30.5 Å². The molecule has 1 aliphatic carbocycles. The molecule has 3 aromatic rings. The third-order valence-corrected chi connectivity index (χ3v) is 7.93. The maximum Gasteiger partial charge on any atom is 0.251 e. The Kier molecular flexibility index (Phi) is 8.37. The maximum atomic E-state index is 14.2. The van der Waals surface area contributed by atoms with E-state index >= 15 is 0 Å². The van der Waals surface area contributed by atoms with Crippen molar-refractivity contribution in [1.82, 2.24) is 15.2 Å². The van der Waals surface area contributed by atoms with Crippen molar-refractivity contribution in [1.29, 1.82) is 0 Å². The molecule has 214 valence electrons. The van der Waals surface area contributed by atoms with Crippen LogP contribution in [0, 0.1) is 23.4 Å². The van der Waals surface area contributed by atoms with E-state index < -0.39 is 35.4 Å². The summed E-state index contributed by atoms with van der Waals surface area (Å²) in [6.07, 6.45) is 6.32. The number of nitrogens with two attached hydrogens (primary N) is 1. The van der Waals surface area contributed by atoms with Gasteiger partial charge in [-0.25, -0.2) is 13.2 Å². The van der Waals surface area contributed by atoms with Gasteiger partial charge in [0.05, 0.1) is 17.3 Å². The zero-order chi connectivity index (χ0) is 29.1. The summed E-state index contributed by atoms with van der Waals surface area (Å²) in [7, 11) is 0. The topological polar surface area (TPSA) is 105 Å². The Bertz CT molecular complexity index is 1450. The van der Waals surface area contributed by atoms with Crippen LogP contribution in [-0.2, 0) is 16.0 Å². The van der Waals surface area contributed by atoms with Crippen molar-refractivity contribution in [2.45, 2.75) is 57.0 Å². The van der Waals surface area contributed by atoms with Gasteiger partial charge in [-0.1, -0.05) is 25.0 Å². The summed E-state index contributed by atoms with van der Waals surface area (Å²) >= 11 is 0. The number of nitrogens with zero attached hydrogens (tertiary/aromatic N) is 2. The Morgan fingerprint density at radius 2 is 1.71 bits per heavy atom. The zero-order valence-corrected chi connectivity index (χ0v) is 22.4. The lowest BCUT2D eigenvalue weighted by atomic mass is 9.94. The monoisotopic (exact) mass is 564 g/mol. The van der Waals surface area contributed by atoms with Gasteiger partial charge in [0, 0.05) is 30.3 Å². The zero-order valence-electron chi connectivity index (χ0n) is 22.4. The molecule has 41 heavy (non-hydrogen) atoms. The highest BCUT2D eigenvalue weighted by Gasteiger charge is 2.38. The van der Waals surface area contributed by atoms with E-state index in [1.54, 1.807) is 17.0 Å². The number of hydrogen-bond donors (Lipinski definition) is 2. The van der Waals surface area contributed by atoms with E-state index in [2.05, 4.69) is 10.3 Å². The summed E-state index contributed by atoms with van der Waals surface area (Å²) in [5.74, 6) is -3.71. The van der Waals surface area contributed by atoms with E-state index in [9.17, 15) is 27.6 Å². The van der Waals surface area contributed by atoms with Gasteiger partial charge in [0.15, 0.2) is 0 Å². The molecular weight excluding hydrogens is 533 g/mol. The van der Waals surface area contributed by atoms with Crippen LogP contribution >= 0.6 is 0 Å². The second-order valence-corrected chi connectivity index (χ2v) is 10.7. The molecule has 3 amide bonds. The second kappa shape index (κ2) is 12.1. The standard InChI is InChI=1S/C31H31F3N4O3/c32-21-13-18(14-22(33)17-21)15-26(37-30(40)27-8-4-12-38(27)31(41)19-5-1-2-6-19)28-23(7-3-11-36-28)20-9-10-25(34)24(16-20)29(35)39/h3,7,9-11,13-14,16-17,19,26-27H,1-2,4-6,8,12,15H2,(H2,35,39)(H,37,40)/t26-,27?/m0/s1. The molecule has 7 nitrogen and oxygen atoms in total. The van der Waals surface area contributed by atoms with Gasteiger partial charge < -0.3 is 16.0 Å². The Hall–Kier alpha value is -4.21. The second-order valence-electron chi connectivity index (χ2n) is 10.7. The molecule has 0 spiro atoms. The molecule has 2 aliphatic rings. The molecule has 2 heterocycles. The van der Waals surface area contributed by atoms with Crippen molar-refractivity contribution in [3.05, 3.63) is 89.0 Å². The van der Waals surface area contributed by atoms with Gasteiger partial charge in [-0.3, -0.25) is 19.4 Å². The number of halogens is 3. The first-order valence-corrected chi connectivity index (χ1v) is 13.8. The minimum atomic E-state index is -0.942. The van der Waals surface area contributed by atoms with Crippen LogP contribution in [0.1, 0.15) is 66.2 Å². The Balaban J connectivity index is 1.50. The minimum absolute atomic E-state index is 0.00674. The van der Waals surface area contributed by atoms with Crippen LogP contribution in [-0.4, -0.2) is 40.2 Å². The Morgan fingerprint density at radius 3 is 2.41 bits per heavy atom. The Labute approximate surface area is 235 Å². The van der Waals surface area contributed by atoms with Gasteiger partial charge in [-0.05, 0) is 73.6 Å². The van der Waals surface area contributed by atoms with E-state index in [0.29, 0.717) is 36.2 Å². The lowest BCUT2D eigenvalue weighted by Crippen LogP contribution is -2.48.